The van der Waals surface area contributed by atoms with Crippen molar-refractivity contribution in [2.24, 2.45) is 0 Å². The van der Waals surface area contributed by atoms with Crippen LogP contribution in [0.15, 0.2) is 54.9 Å². The number of amides is 1. The maximum absolute atomic E-state index is 12.4. The topological polar surface area (TPSA) is 65.4 Å². The molecule has 0 aliphatic carbocycles. The number of carbonyl (C=O) groups is 1. The molecule has 0 atom stereocenters. The molecular weight excluding hydrogens is 330 g/mol. The van der Waals surface area contributed by atoms with Crippen LogP contribution < -0.4 is 14.8 Å². The Labute approximate surface area is 152 Å². The molecular formula is C20H21N3O3. The smallest absolute Gasteiger partial charge is 0.251 e. The van der Waals surface area contributed by atoms with Crippen LogP contribution in [0.1, 0.15) is 21.5 Å². The molecule has 0 saturated carbocycles. The highest BCUT2D eigenvalue weighted by molar-refractivity contribution is 5.94. The van der Waals surface area contributed by atoms with E-state index in [1.807, 2.05) is 37.4 Å². The van der Waals surface area contributed by atoms with Gasteiger partial charge in [0.1, 0.15) is 11.5 Å². The molecule has 0 unspecified atom stereocenters. The molecule has 1 amide bonds. The van der Waals surface area contributed by atoms with Gasteiger partial charge in [0.15, 0.2) is 0 Å². The average Bonchev–Trinajstić information content (AvgIpc) is 3.12. The van der Waals surface area contributed by atoms with Gasteiger partial charge in [0, 0.05) is 24.4 Å². The molecule has 3 rings (SSSR count). The van der Waals surface area contributed by atoms with Crippen molar-refractivity contribution >= 4 is 5.91 Å². The molecule has 1 N–H and O–H groups in total. The molecule has 0 spiro atoms. The molecule has 0 aliphatic rings. The molecule has 2 aromatic carbocycles. The minimum atomic E-state index is -0.144. The van der Waals surface area contributed by atoms with Crippen LogP contribution in [0.3, 0.4) is 0 Å². The van der Waals surface area contributed by atoms with Crippen LogP contribution in [0.5, 0.6) is 11.5 Å². The number of benzene rings is 2. The SMILES string of the molecule is COc1cc(CNC(=O)c2ccc(-n3cc(C)cn3)cc2)cc(OC)c1. The normalized spacial score (nSPS) is 10.4. The van der Waals surface area contributed by atoms with Crippen molar-refractivity contribution in [1.82, 2.24) is 15.1 Å². The fraction of sp³-hybridized carbons (Fsp3) is 0.200. The highest BCUT2D eigenvalue weighted by atomic mass is 16.5. The Bertz CT molecular complexity index is 879. The predicted octanol–water partition coefficient (Wildman–Crippen LogP) is 3.13. The molecule has 0 fully saturated rings. The van der Waals surface area contributed by atoms with Crippen molar-refractivity contribution in [3.63, 3.8) is 0 Å². The van der Waals surface area contributed by atoms with E-state index in [-0.39, 0.29) is 5.91 Å². The van der Waals surface area contributed by atoms with Crippen LogP contribution in [-0.2, 0) is 6.54 Å². The van der Waals surface area contributed by atoms with E-state index in [2.05, 4.69) is 10.4 Å². The Hall–Kier alpha value is -3.28. The minimum absolute atomic E-state index is 0.144. The maximum Gasteiger partial charge on any atom is 0.251 e. The Morgan fingerprint density at radius 1 is 1.08 bits per heavy atom. The fourth-order valence-corrected chi connectivity index (χ4v) is 2.57. The molecule has 3 aromatic rings. The largest absolute Gasteiger partial charge is 0.497 e. The minimum Gasteiger partial charge on any atom is -0.497 e. The van der Waals surface area contributed by atoms with Gasteiger partial charge in [-0.05, 0) is 54.4 Å². The Morgan fingerprint density at radius 2 is 1.73 bits per heavy atom. The first-order valence-electron chi connectivity index (χ1n) is 8.21. The summed E-state index contributed by atoms with van der Waals surface area (Å²) in [7, 11) is 3.19. The van der Waals surface area contributed by atoms with Crippen molar-refractivity contribution < 1.29 is 14.3 Å². The first kappa shape index (κ1) is 17.5. The van der Waals surface area contributed by atoms with Gasteiger partial charge in [-0.15, -0.1) is 0 Å². The van der Waals surface area contributed by atoms with Crippen LogP contribution in [0, 0.1) is 6.92 Å². The quantitative estimate of drug-likeness (QED) is 0.741. The highest BCUT2D eigenvalue weighted by Crippen LogP contribution is 2.22. The zero-order valence-corrected chi connectivity index (χ0v) is 15.0. The molecule has 6 nitrogen and oxygen atoms in total. The van der Waals surface area contributed by atoms with Crippen LogP contribution in [0.25, 0.3) is 5.69 Å². The molecule has 1 aromatic heterocycles. The fourth-order valence-electron chi connectivity index (χ4n) is 2.57. The molecule has 6 heteroatoms. The summed E-state index contributed by atoms with van der Waals surface area (Å²) in [5.74, 6) is 1.23. The Balaban J connectivity index is 1.67. The summed E-state index contributed by atoms with van der Waals surface area (Å²) in [6.07, 6.45) is 3.73. The molecule has 134 valence electrons. The average molecular weight is 351 g/mol. The molecule has 0 radical (unpaired) electrons. The molecule has 0 bridgehead atoms. The van der Waals surface area contributed by atoms with Crippen LogP contribution in [0.4, 0.5) is 0 Å². The number of nitrogens with zero attached hydrogens (tertiary/aromatic N) is 2. The van der Waals surface area contributed by atoms with Crippen LogP contribution in [0.2, 0.25) is 0 Å². The lowest BCUT2D eigenvalue weighted by Gasteiger charge is -2.10. The lowest BCUT2D eigenvalue weighted by atomic mass is 10.1. The lowest BCUT2D eigenvalue weighted by molar-refractivity contribution is 0.0951. The van der Waals surface area contributed by atoms with Crippen LogP contribution in [-0.4, -0.2) is 29.9 Å². The number of rotatable bonds is 6. The zero-order chi connectivity index (χ0) is 18.5. The third-order valence-corrected chi connectivity index (χ3v) is 3.97. The van der Waals surface area contributed by atoms with Crippen molar-refractivity contribution in [2.75, 3.05) is 14.2 Å². The van der Waals surface area contributed by atoms with Gasteiger partial charge in [-0.3, -0.25) is 4.79 Å². The highest BCUT2D eigenvalue weighted by Gasteiger charge is 2.08. The summed E-state index contributed by atoms with van der Waals surface area (Å²) in [5.41, 5.74) is 3.48. The van der Waals surface area contributed by atoms with E-state index < -0.39 is 0 Å². The van der Waals surface area contributed by atoms with E-state index in [4.69, 9.17) is 9.47 Å². The third kappa shape index (κ3) is 4.03. The van der Waals surface area contributed by atoms with Crippen molar-refractivity contribution in [3.05, 3.63) is 71.5 Å². The number of ether oxygens (including phenoxy) is 2. The van der Waals surface area contributed by atoms with E-state index >= 15 is 0 Å². The van der Waals surface area contributed by atoms with Gasteiger partial charge in [0.05, 0.1) is 26.1 Å². The zero-order valence-electron chi connectivity index (χ0n) is 15.0. The van der Waals surface area contributed by atoms with Gasteiger partial charge in [0.2, 0.25) is 0 Å². The van der Waals surface area contributed by atoms with E-state index in [1.54, 1.807) is 43.3 Å². The second kappa shape index (κ2) is 7.74. The maximum atomic E-state index is 12.4. The summed E-state index contributed by atoms with van der Waals surface area (Å²) in [5, 5.41) is 7.17. The van der Waals surface area contributed by atoms with Gasteiger partial charge in [-0.2, -0.15) is 5.10 Å². The molecule has 0 saturated heterocycles. The van der Waals surface area contributed by atoms with Crippen molar-refractivity contribution in [2.45, 2.75) is 13.5 Å². The van der Waals surface area contributed by atoms with Crippen molar-refractivity contribution in [1.29, 1.82) is 0 Å². The van der Waals surface area contributed by atoms with Gasteiger partial charge in [0.25, 0.3) is 5.91 Å². The summed E-state index contributed by atoms with van der Waals surface area (Å²) in [6, 6.07) is 12.8. The van der Waals surface area contributed by atoms with Gasteiger partial charge in [-0.1, -0.05) is 0 Å². The number of methoxy groups -OCH3 is 2. The number of nitrogens with one attached hydrogen (secondary N) is 1. The number of hydrogen-bond donors (Lipinski definition) is 1. The first-order valence-corrected chi connectivity index (χ1v) is 8.21. The van der Waals surface area contributed by atoms with Gasteiger partial charge >= 0.3 is 0 Å². The summed E-state index contributed by atoms with van der Waals surface area (Å²) in [6.45, 7) is 2.37. The predicted molar refractivity (Wildman–Crippen MR) is 99.0 cm³/mol. The number of aromatic nitrogens is 2. The van der Waals surface area contributed by atoms with E-state index in [0.717, 1.165) is 16.8 Å². The Morgan fingerprint density at radius 3 is 2.27 bits per heavy atom. The molecule has 1 heterocycles. The summed E-state index contributed by atoms with van der Waals surface area (Å²) < 4.78 is 12.3. The molecule has 26 heavy (non-hydrogen) atoms. The summed E-state index contributed by atoms with van der Waals surface area (Å²) in [4.78, 5) is 12.4. The van der Waals surface area contributed by atoms with E-state index in [9.17, 15) is 4.79 Å². The monoisotopic (exact) mass is 351 g/mol. The van der Waals surface area contributed by atoms with Gasteiger partial charge in [-0.25, -0.2) is 4.68 Å². The third-order valence-electron chi connectivity index (χ3n) is 3.97. The van der Waals surface area contributed by atoms with Crippen LogP contribution >= 0.6 is 0 Å². The van der Waals surface area contributed by atoms with E-state index in [0.29, 0.717) is 23.6 Å². The first-order chi connectivity index (χ1) is 12.6. The van der Waals surface area contributed by atoms with E-state index in [1.165, 1.54) is 0 Å². The summed E-state index contributed by atoms with van der Waals surface area (Å²) >= 11 is 0. The lowest BCUT2D eigenvalue weighted by Crippen LogP contribution is -2.22. The second-order valence-corrected chi connectivity index (χ2v) is 5.91. The number of carbonyl (C=O) groups excluding carboxylic acids is 1. The molecule has 0 aliphatic heterocycles. The number of hydrogen-bond acceptors (Lipinski definition) is 4. The Kier molecular flexibility index (Phi) is 5.22. The number of aryl methyl sites for hydroxylation is 1. The second-order valence-electron chi connectivity index (χ2n) is 5.91. The van der Waals surface area contributed by atoms with Crippen molar-refractivity contribution in [3.8, 4) is 17.2 Å². The standard InChI is InChI=1S/C20H21N3O3/c1-14-11-22-23(13-14)17-6-4-16(5-7-17)20(24)21-12-15-8-18(25-2)10-19(9-15)26-3/h4-11,13H,12H2,1-3H3,(H,21,24). The van der Waals surface area contributed by atoms with Gasteiger partial charge < -0.3 is 14.8 Å².